The van der Waals surface area contributed by atoms with Crippen molar-refractivity contribution in [1.82, 2.24) is 4.98 Å². The lowest BCUT2D eigenvalue weighted by Gasteiger charge is -2.19. The molecule has 0 radical (unpaired) electrons. The fourth-order valence-corrected chi connectivity index (χ4v) is 1.26. The summed E-state index contributed by atoms with van der Waals surface area (Å²) < 4.78 is 18.7. The van der Waals surface area contributed by atoms with Gasteiger partial charge in [-0.1, -0.05) is 0 Å². The van der Waals surface area contributed by atoms with E-state index in [0.29, 0.717) is 4.47 Å². The predicted molar refractivity (Wildman–Crippen MR) is 61.8 cm³/mol. The van der Waals surface area contributed by atoms with E-state index in [4.69, 9.17) is 4.74 Å². The molecule has 1 heterocycles. The monoisotopic (exact) mass is 290 g/mol. The van der Waals surface area contributed by atoms with E-state index < -0.39 is 17.6 Å². The molecule has 0 aromatic carbocycles. The summed E-state index contributed by atoms with van der Waals surface area (Å²) in [5, 5.41) is 2.28. The van der Waals surface area contributed by atoms with E-state index in [1.165, 1.54) is 12.3 Å². The lowest BCUT2D eigenvalue weighted by atomic mass is 10.2. The summed E-state index contributed by atoms with van der Waals surface area (Å²) in [5.74, 6) is -0.756. The van der Waals surface area contributed by atoms with Crippen LogP contribution in [-0.2, 0) is 4.74 Å². The summed E-state index contributed by atoms with van der Waals surface area (Å²) in [6.45, 7) is 5.17. The number of rotatable bonds is 1. The molecule has 1 amide bonds. The Labute approximate surface area is 101 Å². The molecular weight excluding hydrogens is 279 g/mol. The van der Waals surface area contributed by atoms with Gasteiger partial charge in [-0.25, -0.2) is 9.78 Å². The van der Waals surface area contributed by atoms with E-state index in [9.17, 15) is 9.18 Å². The van der Waals surface area contributed by atoms with E-state index >= 15 is 0 Å². The number of nitrogens with one attached hydrogen (secondary N) is 1. The number of carbonyl (C=O) groups excluding carboxylic acids is 1. The van der Waals surface area contributed by atoms with Crippen LogP contribution in [-0.4, -0.2) is 16.7 Å². The van der Waals surface area contributed by atoms with Crippen molar-refractivity contribution in [2.45, 2.75) is 26.4 Å². The van der Waals surface area contributed by atoms with Gasteiger partial charge >= 0.3 is 6.09 Å². The van der Waals surface area contributed by atoms with Crippen LogP contribution in [0.2, 0.25) is 0 Å². The van der Waals surface area contributed by atoms with E-state index in [-0.39, 0.29) is 5.69 Å². The third-order valence-corrected chi connectivity index (χ3v) is 1.87. The van der Waals surface area contributed by atoms with Crippen molar-refractivity contribution < 1.29 is 13.9 Å². The number of halogens is 2. The molecule has 16 heavy (non-hydrogen) atoms. The Morgan fingerprint density at radius 2 is 2.19 bits per heavy atom. The van der Waals surface area contributed by atoms with Gasteiger partial charge in [0.25, 0.3) is 0 Å². The van der Waals surface area contributed by atoms with Crippen LogP contribution in [0, 0.1) is 5.95 Å². The fourth-order valence-electron chi connectivity index (χ4n) is 0.924. The summed E-state index contributed by atoms with van der Waals surface area (Å²) in [6.07, 6.45) is 0.585. The Hall–Kier alpha value is -1.17. The summed E-state index contributed by atoms with van der Waals surface area (Å²) in [6, 6.07) is 1.41. The smallest absolute Gasteiger partial charge is 0.412 e. The second-order valence-electron chi connectivity index (χ2n) is 4.12. The molecular formula is C10H12BrFN2O2. The molecule has 88 valence electrons. The third kappa shape index (κ3) is 4.14. The zero-order valence-corrected chi connectivity index (χ0v) is 10.8. The zero-order valence-electron chi connectivity index (χ0n) is 9.17. The zero-order chi connectivity index (χ0) is 12.3. The summed E-state index contributed by atoms with van der Waals surface area (Å²) >= 11 is 3.13. The van der Waals surface area contributed by atoms with Crippen LogP contribution in [0.4, 0.5) is 14.9 Å². The van der Waals surface area contributed by atoms with E-state index in [1.807, 2.05) is 0 Å². The first-order valence-corrected chi connectivity index (χ1v) is 5.38. The van der Waals surface area contributed by atoms with Gasteiger partial charge in [0.1, 0.15) is 11.3 Å². The molecule has 0 aliphatic carbocycles. The van der Waals surface area contributed by atoms with Gasteiger partial charge in [-0.2, -0.15) is 4.39 Å². The van der Waals surface area contributed by atoms with Crippen molar-refractivity contribution in [1.29, 1.82) is 0 Å². The molecule has 4 nitrogen and oxygen atoms in total. The Bertz CT molecular complexity index is 404. The minimum absolute atomic E-state index is 0.0244. The Morgan fingerprint density at radius 1 is 1.56 bits per heavy atom. The van der Waals surface area contributed by atoms with Crippen molar-refractivity contribution in [3.63, 3.8) is 0 Å². The molecule has 0 saturated carbocycles. The highest BCUT2D eigenvalue weighted by atomic mass is 79.9. The second kappa shape index (κ2) is 4.78. The average Bonchev–Trinajstić information content (AvgIpc) is 2.08. The highest BCUT2D eigenvalue weighted by Crippen LogP contribution is 2.18. The van der Waals surface area contributed by atoms with Crippen molar-refractivity contribution in [2.75, 3.05) is 5.32 Å². The maximum Gasteiger partial charge on any atom is 0.412 e. The van der Waals surface area contributed by atoms with E-state index in [0.717, 1.165) is 0 Å². The van der Waals surface area contributed by atoms with Gasteiger partial charge in [0, 0.05) is 10.7 Å². The van der Waals surface area contributed by atoms with Crippen LogP contribution in [0.15, 0.2) is 16.7 Å². The van der Waals surface area contributed by atoms with Crippen molar-refractivity contribution >= 4 is 27.7 Å². The van der Waals surface area contributed by atoms with Gasteiger partial charge in [-0.05, 0) is 42.8 Å². The number of amides is 1. The van der Waals surface area contributed by atoms with Crippen LogP contribution < -0.4 is 5.32 Å². The normalized spacial score (nSPS) is 11.1. The summed E-state index contributed by atoms with van der Waals surface area (Å²) in [4.78, 5) is 14.8. The predicted octanol–water partition coefficient (Wildman–Crippen LogP) is 3.33. The first-order valence-electron chi connectivity index (χ1n) is 4.59. The second-order valence-corrected chi connectivity index (χ2v) is 5.03. The standard InChI is InChI=1S/C10H12BrFN2O2/c1-10(2,3)16-9(15)14-7-4-6(11)5-13-8(7)12/h4-5H,1-3H3,(H,14,15). The summed E-state index contributed by atoms with van der Waals surface area (Å²) in [7, 11) is 0. The molecule has 0 unspecified atom stereocenters. The van der Waals surface area contributed by atoms with Crippen molar-refractivity contribution in [3.05, 3.63) is 22.7 Å². The number of nitrogens with zero attached hydrogens (tertiary/aromatic N) is 1. The van der Waals surface area contributed by atoms with E-state index in [1.54, 1.807) is 20.8 Å². The topological polar surface area (TPSA) is 51.2 Å². The van der Waals surface area contributed by atoms with Crippen molar-refractivity contribution in [3.8, 4) is 0 Å². The molecule has 1 aromatic rings. The molecule has 0 aliphatic rings. The van der Waals surface area contributed by atoms with Crippen LogP contribution in [0.3, 0.4) is 0 Å². The molecule has 0 bridgehead atoms. The molecule has 0 saturated heterocycles. The minimum Gasteiger partial charge on any atom is -0.444 e. The minimum atomic E-state index is -0.756. The molecule has 1 aromatic heterocycles. The molecule has 1 rings (SSSR count). The molecule has 6 heteroatoms. The van der Waals surface area contributed by atoms with Crippen molar-refractivity contribution in [2.24, 2.45) is 0 Å². The van der Waals surface area contributed by atoms with Gasteiger partial charge in [0.2, 0.25) is 5.95 Å². The van der Waals surface area contributed by atoms with E-state index in [2.05, 4.69) is 26.2 Å². The maximum atomic E-state index is 13.2. The largest absolute Gasteiger partial charge is 0.444 e. The van der Waals surface area contributed by atoms with Gasteiger partial charge in [0.05, 0.1) is 0 Å². The van der Waals surface area contributed by atoms with Gasteiger partial charge in [-0.15, -0.1) is 0 Å². The molecule has 1 N–H and O–H groups in total. The average molecular weight is 291 g/mol. The number of ether oxygens (including phenoxy) is 1. The molecule has 0 spiro atoms. The Kier molecular flexibility index (Phi) is 3.85. The molecule has 0 atom stereocenters. The Balaban J connectivity index is 2.73. The number of anilines is 1. The SMILES string of the molecule is CC(C)(C)OC(=O)Nc1cc(Br)cnc1F. The number of hydrogen-bond acceptors (Lipinski definition) is 3. The van der Waals surface area contributed by atoms with Gasteiger partial charge in [0.15, 0.2) is 0 Å². The lowest BCUT2D eigenvalue weighted by Crippen LogP contribution is -2.27. The fraction of sp³-hybridized carbons (Fsp3) is 0.400. The third-order valence-electron chi connectivity index (χ3n) is 1.44. The number of hydrogen-bond donors (Lipinski definition) is 1. The summed E-state index contributed by atoms with van der Waals surface area (Å²) in [5.41, 5.74) is -0.649. The van der Waals surface area contributed by atoms with Gasteiger partial charge < -0.3 is 4.74 Å². The molecule has 0 aliphatic heterocycles. The highest BCUT2D eigenvalue weighted by molar-refractivity contribution is 9.10. The number of pyridine rings is 1. The molecule has 0 fully saturated rings. The highest BCUT2D eigenvalue weighted by Gasteiger charge is 2.17. The lowest BCUT2D eigenvalue weighted by molar-refractivity contribution is 0.0635. The number of aromatic nitrogens is 1. The van der Waals surface area contributed by atoms with Gasteiger partial charge in [-0.3, -0.25) is 5.32 Å². The van der Waals surface area contributed by atoms with Crippen LogP contribution in [0.5, 0.6) is 0 Å². The first-order chi connectivity index (χ1) is 7.28. The van der Waals surface area contributed by atoms with Crippen LogP contribution in [0.25, 0.3) is 0 Å². The quantitative estimate of drug-likeness (QED) is 0.807. The van der Waals surface area contributed by atoms with Crippen LogP contribution in [0.1, 0.15) is 20.8 Å². The number of carbonyl (C=O) groups is 1. The van der Waals surface area contributed by atoms with Crippen LogP contribution >= 0.6 is 15.9 Å². The first kappa shape index (κ1) is 12.9. The Morgan fingerprint density at radius 3 is 2.75 bits per heavy atom. The maximum absolute atomic E-state index is 13.2.